The maximum absolute atomic E-state index is 13.1. The number of pyridine rings is 1. The van der Waals surface area contributed by atoms with E-state index in [0.29, 0.717) is 31.0 Å². The highest BCUT2D eigenvalue weighted by Crippen LogP contribution is 2.54. The zero-order chi connectivity index (χ0) is 20.0. The molecule has 6 heteroatoms. The highest BCUT2D eigenvalue weighted by Gasteiger charge is 2.68. The summed E-state index contributed by atoms with van der Waals surface area (Å²) in [5.74, 6) is 0.586. The Labute approximate surface area is 170 Å². The molecule has 1 aromatic heterocycles. The number of hydrogen-bond donors (Lipinski definition) is 1. The van der Waals surface area contributed by atoms with Gasteiger partial charge in [-0.15, -0.1) is 0 Å². The number of carbonyl (C=O) groups is 2. The third-order valence-corrected chi connectivity index (χ3v) is 6.67. The summed E-state index contributed by atoms with van der Waals surface area (Å²) in [5, 5.41) is 10.1. The molecular weight excluding hydrogens is 366 g/mol. The first-order chi connectivity index (χ1) is 14.1. The molecule has 0 bridgehead atoms. The predicted molar refractivity (Wildman–Crippen MR) is 107 cm³/mol. The Balaban J connectivity index is 1.42. The lowest BCUT2D eigenvalue weighted by Gasteiger charge is -2.70. The Morgan fingerprint density at radius 2 is 1.86 bits per heavy atom. The average molecular weight is 391 g/mol. The van der Waals surface area contributed by atoms with Gasteiger partial charge in [0.1, 0.15) is 0 Å². The maximum atomic E-state index is 13.1. The van der Waals surface area contributed by atoms with Gasteiger partial charge in [0.15, 0.2) is 0 Å². The van der Waals surface area contributed by atoms with Gasteiger partial charge < -0.3 is 14.9 Å². The minimum Gasteiger partial charge on any atom is -0.394 e. The molecule has 0 radical (unpaired) electrons. The molecule has 2 atom stereocenters. The molecular formula is C23H25N3O3. The quantitative estimate of drug-likeness (QED) is 0.847. The molecule has 1 N–H and O–H groups in total. The van der Waals surface area contributed by atoms with Crippen molar-refractivity contribution in [2.75, 3.05) is 19.7 Å². The Bertz CT molecular complexity index is 907. The first-order valence-electron chi connectivity index (χ1n) is 10.3. The molecule has 2 aliphatic heterocycles. The molecule has 2 aromatic rings. The molecule has 29 heavy (non-hydrogen) atoms. The van der Waals surface area contributed by atoms with Gasteiger partial charge in [-0.1, -0.05) is 30.3 Å². The van der Waals surface area contributed by atoms with Gasteiger partial charge >= 0.3 is 0 Å². The van der Waals surface area contributed by atoms with E-state index in [4.69, 9.17) is 0 Å². The highest BCUT2D eigenvalue weighted by molar-refractivity contribution is 5.95. The van der Waals surface area contributed by atoms with Crippen molar-refractivity contribution in [1.29, 1.82) is 0 Å². The van der Waals surface area contributed by atoms with Crippen molar-refractivity contribution in [2.24, 2.45) is 5.92 Å². The van der Waals surface area contributed by atoms with Gasteiger partial charge in [0, 0.05) is 37.8 Å². The second-order valence-electron chi connectivity index (χ2n) is 8.56. The van der Waals surface area contributed by atoms with Crippen LogP contribution >= 0.6 is 0 Å². The number of aliphatic hydroxyl groups is 1. The van der Waals surface area contributed by atoms with Crippen molar-refractivity contribution in [3.63, 3.8) is 0 Å². The standard InChI is InChI=1S/C23H25N3O3/c27-13-19-21(17-5-2-1-3-6-17)23(26(19)20(28)11-16-8-9-16)14-25(15-23)22(29)18-7-4-10-24-12-18/h1-7,10,12,16,19,21,27H,8-9,11,13-15H2/t19-,21+/m0/s1. The van der Waals surface area contributed by atoms with Gasteiger partial charge in [-0.25, -0.2) is 0 Å². The number of benzene rings is 1. The maximum Gasteiger partial charge on any atom is 0.255 e. The lowest BCUT2D eigenvalue weighted by molar-refractivity contribution is -0.193. The van der Waals surface area contributed by atoms with Gasteiger partial charge in [-0.3, -0.25) is 14.6 Å². The van der Waals surface area contributed by atoms with Crippen molar-refractivity contribution in [3.05, 3.63) is 66.0 Å². The van der Waals surface area contributed by atoms with Crippen LogP contribution in [0.2, 0.25) is 0 Å². The molecule has 1 aliphatic carbocycles. The number of likely N-dealkylation sites (tertiary alicyclic amines) is 2. The Hall–Kier alpha value is -2.73. The van der Waals surface area contributed by atoms with Crippen LogP contribution in [0.15, 0.2) is 54.9 Å². The van der Waals surface area contributed by atoms with Crippen molar-refractivity contribution >= 4 is 11.8 Å². The molecule has 3 aliphatic rings. The largest absolute Gasteiger partial charge is 0.394 e. The molecule has 1 spiro atoms. The zero-order valence-corrected chi connectivity index (χ0v) is 16.3. The van der Waals surface area contributed by atoms with E-state index in [9.17, 15) is 14.7 Å². The lowest BCUT2D eigenvalue weighted by atomic mass is 9.60. The normalized spacial score (nSPS) is 24.7. The molecule has 6 nitrogen and oxygen atoms in total. The summed E-state index contributed by atoms with van der Waals surface area (Å²) in [6, 6.07) is 13.4. The highest BCUT2D eigenvalue weighted by atomic mass is 16.3. The van der Waals surface area contributed by atoms with Crippen LogP contribution in [-0.2, 0) is 4.79 Å². The van der Waals surface area contributed by atoms with Crippen molar-refractivity contribution in [3.8, 4) is 0 Å². The number of aromatic nitrogens is 1. The van der Waals surface area contributed by atoms with Gasteiger partial charge in [-0.05, 0) is 36.5 Å². The van der Waals surface area contributed by atoms with Crippen molar-refractivity contribution in [2.45, 2.75) is 36.8 Å². The topological polar surface area (TPSA) is 73.7 Å². The SMILES string of the molecule is O=C(c1cccnc1)N1CC2(C1)[C@H](c1ccccc1)[C@H](CO)N2C(=O)CC1CC1. The molecule has 3 heterocycles. The molecule has 2 amide bonds. The Morgan fingerprint density at radius 3 is 2.48 bits per heavy atom. The number of rotatable bonds is 5. The summed E-state index contributed by atoms with van der Waals surface area (Å²) >= 11 is 0. The molecule has 1 aromatic carbocycles. The van der Waals surface area contributed by atoms with E-state index in [2.05, 4.69) is 17.1 Å². The second-order valence-corrected chi connectivity index (χ2v) is 8.56. The van der Waals surface area contributed by atoms with Crippen LogP contribution in [0.4, 0.5) is 0 Å². The molecule has 2 saturated heterocycles. The van der Waals surface area contributed by atoms with Crippen molar-refractivity contribution < 1.29 is 14.7 Å². The van der Waals surface area contributed by atoms with Gasteiger partial charge in [-0.2, -0.15) is 0 Å². The fraction of sp³-hybridized carbons (Fsp3) is 0.435. The lowest BCUT2D eigenvalue weighted by Crippen LogP contribution is -2.86. The van der Waals surface area contributed by atoms with Crippen LogP contribution in [0.5, 0.6) is 0 Å². The summed E-state index contributed by atoms with van der Waals surface area (Å²) in [6.45, 7) is 0.925. The fourth-order valence-electron chi connectivity index (χ4n) is 5.16. The number of nitrogens with zero attached hydrogens (tertiary/aromatic N) is 3. The second kappa shape index (κ2) is 6.95. The van der Waals surface area contributed by atoms with Crippen LogP contribution in [0.25, 0.3) is 0 Å². The van der Waals surface area contributed by atoms with E-state index in [1.165, 1.54) is 0 Å². The molecule has 3 fully saturated rings. The third kappa shape index (κ3) is 2.94. The molecule has 150 valence electrons. The van der Waals surface area contributed by atoms with Gasteiger partial charge in [0.05, 0.1) is 23.8 Å². The summed E-state index contributed by atoms with van der Waals surface area (Å²) in [4.78, 5) is 33.7. The third-order valence-electron chi connectivity index (χ3n) is 6.67. The average Bonchev–Trinajstić information content (AvgIpc) is 3.51. The first-order valence-corrected chi connectivity index (χ1v) is 10.3. The van der Waals surface area contributed by atoms with E-state index in [0.717, 1.165) is 18.4 Å². The molecule has 1 saturated carbocycles. The van der Waals surface area contributed by atoms with E-state index in [1.807, 2.05) is 23.1 Å². The predicted octanol–water partition coefficient (Wildman–Crippen LogP) is 2.06. The minimum atomic E-state index is -0.418. The minimum absolute atomic E-state index is 0.0369. The van der Waals surface area contributed by atoms with E-state index < -0.39 is 5.54 Å². The number of hydrogen-bond acceptors (Lipinski definition) is 4. The monoisotopic (exact) mass is 391 g/mol. The number of aliphatic hydroxyl groups excluding tert-OH is 1. The van der Waals surface area contributed by atoms with Crippen LogP contribution in [0, 0.1) is 5.92 Å². The number of amides is 2. The summed E-state index contributed by atoms with van der Waals surface area (Å²) in [7, 11) is 0. The molecule has 0 unspecified atom stereocenters. The van der Waals surface area contributed by atoms with Crippen LogP contribution in [0.3, 0.4) is 0 Å². The summed E-state index contributed by atoms with van der Waals surface area (Å²) in [6.07, 6.45) is 6.01. The Morgan fingerprint density at radius 1 is 1.10 bits per heavy atom. The smallest absolute Gasteiger partial charge is 0.255 e. The zero-order valence-electron chi connectivity index (χ0n) is 16.3. The summed E-state index contributed by atoms with van der Waals surface area (Å²) in [5.41, 5.74) is 1.27. The fourth-order valence-corrected chi connectivity index (χ4v) is 5.16. The van der Waals surface area contributed by atoms with Crippen LogP contribution in [0.1, 0.15) is 41.1 Å². The van der Waals surface area contributed by atoms with Crippen LogP contribution in [-0.4, -0.2) is 63.0 Å². The van der Waals surface area contributed by atoms with Crippen molar-refractivity contribution in [1.82, 2.24) is 14.8 Å². The molecule has 5 rings (SSSR count). The summed E-state index contributed by atoms with van der Waals surface area (Å²) < 4.78 is 0. The first kappa shape index (κ1) is 18.3. The van der Waals surface area contributed by atoms with E-state index in [1.54, 1.807) is 29.4 Å². The van der Waals surface area contributed by atoms with E-state index in [-0.39, 0.29) is 30.4 Å². The Kier molecular flexibility index (Phi) is 4.39. The van der Waals surface area contributed by atoms with Gasteiger partial charge in [0.25, 0.3) is 5.91 Å². The van der Waals surface area contributed by atoms with E-state index >= 15 is 0 Å². The number of carbonyl (C=O) groups excluding carboxylic acids is 2. The van der Waals surface area contributed by atoms with Gasteiger partial charge in [0.2, 0.25) is 5.91 Å². The van der Waals surface area contributed by atoms with Crippen LogP contribution < -0.4 is 0 Å².